The normalized spacial score (nSPS) is 15.9. The lowest BCUT2D eigenvalue weighted by Gasteiger charge is -2.36. The minimum Gasteiger partial charge on any atom is -0.381 e. The van der Waals surface area contributed by atoms with Gasteiger partial charge in [0, 0.05) is 19.3 Å². The van der Waals surface area contributed by atoms with E-state index >= 15 is 0 Å². The van der Waals surface area contributed by atoms with Crippen LogP contribution >= 0.6 is 0 Å². The number of benzene rings is 2. The van der Waals surface area contributed by atoms with Crippen molar-refractivity contribution in [1.29, 1.82) is 0 Å². The molecule has 0 radical (unpaired) electrons. The molecule has 1 aromatic heterocycles. The molecule has 3 aromatic rings. The summed E-state index contributed by atoms with van der Waals surface area (Å²) in [6.07, 6.45) is 1.10. The Hall–Kier alpha value is -3.23. The molecule has 8 heteroatoms. The summed E-state index contributed by atoms with van der Waals surface area (Å²) >= 11 is 0. The monoisotopic (exact) mass is 380 g/mol. The molecule has 1 saturated heterocycles. The number of hydrogen-bond donors (Lipinski definition) is 4. The number of H-pyrrole nitrogens is 1. The molecule has 2 heterocycles. The van der Waals surface area contributed by atoms with Gasteiger partial charge in [-0.3, -0.25) is 19.9 Å². The van der Waals surface area contributed by atoms with Gasteiger partial charge in [0.1, 0.15) is 5.82 Å². The third-order valence-corrected chi connectivity index (χ3v) is 5.24. The average molecular weight is 380 g/mol. The zero-order valence-electron chi connectivity index (χ0n) is 15.1. The summed E-state index contributed by atoms with van der Waals surface area (Å²) in [5.74, 6) is -0.659. The summed E-state index contributed by atoms with van der Waals surface area (Å²) in [6.45, 7) is 0.975. The molecule has 0 spiro atoms. The van der Waals surface area contributed by atoms with E-state index in [2.05, 4.69) is 21.6 Å². The Morgan fingerprint density at radius 1 is 1.07 bits per heavy atom. The first-order chi connectivity index (χ1) is 13.6. The fourth-order valence-electron chi connectivity index (χ4n) is 3.65. The predicted molar refractivity (Wildman–Crippen MR) is 102 cm³/mol. The molecule has 0 saturated carbocycles. The van der Waals surface area contributed by atoms with Gasteiger partial charge in [-0.05, 0) is 29.2 Å². The lowest BCUT2D eigenvalue weighted by molar-refractivity contribution is -0.125. The standard InChI is InChI=1S/C20H20N4O4/c25-18(24-27)16-12-17(23-22-16)21-19(26)20(7-9-28-10-8-20)15-6-5-13-3-1-2-4-14(13)11-15/h1-6,11-12,27H,7-10H2,(H,24,25)(H2,21,22,23,26). The summed E-state index contributed by atoms with van der Waals surface area (Å²) in [7, 11) is 0. The Kier molecular flexibility index (Phi) is 4.81. The molecule has 1 aliphatic heterocycles. The molecular formula is C20H20N4O4. The highest BCUT2D eigenvalue weighted by molar-refractivity contribution is 6.00. The SMILES string of the molecule is O=C(NO)c1cc(NC(=O)C2(c3ccc4ccccc4c3)CCOCC2)[nH]n1. The molecule has 0 unspecified atom stereocenters. The number of carbonyl (C=O) groups is 2. The summed E-state index contributed by atoms with van der Waals surface area (Å²) in [4.78, 5) is 24.8. The van der Waals surface area contributed by atoms with E-state index < -0.39 is 11.3 Å². The molecule has 144 valence electrons. The van der Waals surface area contributed by atoms with Crippen molar-refractivity contribution in [1.82, 2.24) is 15.7 Å². The minimum absolute atomic E-state index is 0.0236. The maximum Gasteiger partial charge on any atom is 0.295 e. The first-order valence-corrected chi connectivity index (χ1v) is 9.01. The molecular weight excluding hydrogens is 360 g/mol. The summed E-state index contributed by atoms with van der Waals surface area (Å²) in [5, 5.41) is 20.1. The Balaban J connectivity index is 1.67. The number of aromatic amines is 1. The fourth-order valence-corrected chi connectivity index (χ4v) is 3.65. The van der Waals surface area contributed by atoms with Crippen molar-refractivity contribution in [2.75, 3.05) is 18.5 Å². The van der Waals surface area contributed by atoms with Crippen LogP contribution in [0.3, 0.4) is 0 Å². The third kappa shape index (κ3) is 3.23. The maximum absolute atomic E-state index is 13.3. The molecule has 2 aromatic carbocycles. The first-order valence-electron chi connectivity index (χ1n) is 9.01. The van der Waals surface area contributed by atoms with E-state index in [1.54, 1.807) is 0 Å². The number of ether oxygens (including phenoxy) is 1. The van der Waals surface area contributed by atoms with Gasteiger partial charge in [0.2, 0.25) is 5.91 Å². The maximum atomic E-state index is 13.3. The van der Waals surface area contributed by atoms with Crippen molar-refractivity contribution in [3.05, 3.63) is 59.8 Å². The van der Waals surface area contributed by atoms with Gasteiger partial charge in [-0.1, -0.05) is 42.5 Å². The van der Waals surface area contributed by atoms with E-state index in [0.717, 1.165) is 16.3 Å². The van der Waals surface area contributed by atoms with Gasteiger partial charge in [-0.25, -0.2) is 5.48 Å². The number of nitrogens with zero attached hydrogens (tertiary/aromatic N) is 1. The van der Waals surface area contributed by atoms with Crippen LogP contribution in [0.2, 0.25) is 0 Å². The second-order valence-electron chi connectivity index (χ2n) is 6.82. The van der Waals surface area contributed by atoms with Crippen molar-refractivity contribution in [2.24, 2.45) is 0 Å². The summed E-state index contributed by atoms with van der Waals surface area (Å²) < 4.78 is 5.50. The van der Waals surface area contributed by atoms with Crippen molar-refractivity contribution in [3.8, 4) is 0 Å². The van der Waals surface area contributed by atoms with E-state index in [1.807, 2.05) is 36.4 Å². The molecule has 8 nitrogen and oxygen atoms in total. The summed E-state index contributed by atoms with van der Waals surface area (Å²) in [5.41, 5.74) is 1.67. The number of rotatable bonds is 4. The van der Waals surface area contributed by atoms with Crippen LogP contribution in [-0.2, 0) is 14.9 Å². The molecule has 28 heavy (non-hydrogen) atoms. The van der Waals surface area contributed by atoms with E-state index in [1.165, 1.54) is 11.5 Å². The van der Waals surface area contributed by atoms with Gasteiger partial charge in [0.15, 0.2) is 5.69 Å². The van der Waals surface area contributed by atoms with Crippen LogP contribution in [0.1, 0.15) is 28.9 Å². The van der Waals surface area contributed by atoms with Crippen molar-refractivity contribution in [3.63, 3.8) is 0 Å². The Morgan fingerprint density at radius 3 is 2.57 bits per heavy atom. The highest BCUT2D eigenvalue weighted by Crippen LogP contribution is 2.37. The van der Waals surface area contributed by atoms with Crippen LogP contribution in [0.15, 0.2) is 48.5 Å². The highest BCUT2D eigenvalue weighted by Gasteiger charge is 2.42. The molecule has 1 aliphatic rings. The number of anilines is 1. The molecule has 1 fully saturated rings. The van der Waals surface area contributed by atoms with Crippen LogP contribution in [-0.4, -0.2) is 40.4 Å². The number of amides is 2. The summed E-state index contributed by atoms with van der Waals surface area (Å²) in [6, 6.07) is 15.5. The molecule has 4 rings (SSSR count). The number of aromatic nitrogens is 2. The van der Waals surface area contributed by atoms with Gasteiger partial charge >= 0.3 is 0 Å². The topological polar surface area (TPSA) is 116 Å². The predicted octanol–water partition coefficient (Wildman–Crippen LogP) is 2.37. The van der Waals surface area contributed by atoms with Gasteiger partial charge in [-0.15, -0.1) is 0 Å². The number of hydroxylamine groups is 1. The Labute approximate surface area is 160 Å². The van der Waals surface area contributed by atoms with E-state index in [0.29, 0.717) is 26.1 Å². The molecule has 0 aliphatic carbocycles. The van der Waals surface area contributed by atoms with E-state index in [9.17, 15) is 9.59 Å². The van der Waals surface area contributed by atoms with Crippen LogP contribution in [0.4, 0.5) is 5.82 Å². The highest BCUT2D eigenvalue weighted by atomic mass is 16.5. The van der Waals surface area contributed by atoms with Crippen LogP contribution < -0.4 is 10.8 Å². The fraction of sp³-hybridized carbons (Fsp3) is 0.250. The van der Waals surface area contributed by atoms with Crippen LogP contribution in [0.5, 0.6) is 0 Å². The number of nitrogens with one attached hydrogen (secondary N) is 3. The molecule has 4 N–H and O–H groups in total. The largest absolute Gasteiger partial charge is 0.381 e. The first kappa shape index (κ1) is 18.1. The molecule has 0 bridgehead atoms. The number of hydrogen-bond acceptors (Lipinski definition) is 5. The van der Waals surface area contributed by atoms with Crippen molar-refractivity contribution >= 4 is 28.4 Å². The Bertz CT molecular complexity index is 1020. The van der Waals surface area contributed by atoms with Crippen LogP contribution in [0.25, 0.3) is 10.8 Å². The zero-order chi connectivity index (χ0) is 19.6. The third-order valence-electron chi connectivity index (χ3n) is 5.24. The second-order valence-corrected chi connectivity index (χ2v) is 6.82. The van der Waals surface area contributed by atoms with Gasteiger partial charge in [-0.2, -0.15) is 5.10 Å². The van der Waals surface area contributed by atoms with Crippen molar-refractivity contribution in [2.45, 2.75) is 18.3 Å². The van der Waals surface area contributed by atoms with E-state index in [4.69, 9.17) is 9.94 Å². The second kappa shape index (κ2) is 7.41. The molecule has 2 amide bonds. The lowest BCUT2D eigenvalue weighted by Crippen LogP contribution is -2.44. The lowest BCUT2D eigenvalue weighted by atomic mass is 9.73. The van der Waals surface area contributed by atoms with Gasteiger partial charge in [0.25, 0.3) is 5.91 Å². The van der Waals surface area contributed by atoms with Gasteiger partial charge in [0.05, 0.1) is 5.41 Å². The quantitative estimate of drug-likeness (QED) is 0.410. The number of carbonyl (C=O) groups excluding carboxylic acids is 2. The van der Waals surface area contributed by atoms with Crippen LogP contribution in [0, 0.1) is 0 Å². The smallest absolute Gasteiger partial charge is 0.295 e. The van der Waals surface area contributed by atoms with Crippen molar-refractivity contribution < 1.29 is 19.5 Å². The average Bonchev–Trinajstić information content (AvgIpc) is 3.21. The van der Waals surface area contributed by atoms with E-state index in [-0.39, 0.29) is 17.4 Å². The zero-order valence-corrected chi connectivity index (χ0v) is 15.1. The molecule has 0 atom stereocenters. The minimum atomic E-state index is -0.757. The Morgan fingerprint density at radius 2 is 1.82 bits per heavy atom. The number of fused-ring (bicyclic) bond motifs is 1. The van der Waals surface area contributed by atoms with Gasteiger partial charge < -0.3 is 10.1 Å².